The van der Waals surface area contributed by atoms with E-state index in [4.69, 9.17) is 0 Å². The lowest BCUT2D eigenvalue weighted by Gasteiger charge is -2.10. The van der Waals surface area contributed by atoms with Crippen molar-refractivity contribution in [3.63, 3.8) is 0 Å². The standard InChI is InChI=1S/C26H33N7O/c1-4-6-8-11-23-19(3)32(17-7-5-2)26(34)33(23)18-20-12-14-21(15-13-20)22-10-9-16-27-24(22)25-28-30-31-29-25/h9-10,12-16H,4-8,11,17-18H2,1-3H3,(H,28,29,30,31). The van der Waals surface area contributed by atoms with Gasteiger partial charge in [-0.25, -0.2) is 9.89 Å². The zero-order chi connectivity index (χ0) is 23.9. The third-order valence-electron chi connectivity index (χ3n) is 6.35. The molecule has 0 radical (unpaired) electrons. The largest absolute Gasteiger partial charge is 0.328 e. The van der Waals surface area contributed by atoms with Gasteiger partial charge in [0.15, 0.2) is 5.82 Å². The Bertz CT molecular complexity index is 1250. The molecular weight excluding hydrogens is 426 g/mol. The van der Waals surface area contributed by atoms with Gasteiger partial charge in [0.2, 0.25) is 0 Å². The van der Waals surface area contributed by atoms with Gasteiger partial charge in [0.25, 0.3) is 0 Å². The van der Waals surface area contributed by atoms with E-state index in [9.17, 15) is 4.79 Å². The number of tetrazole rings is 1. The highest BCUT2D eigenvalue weighted by Gasteiger charge is 2.17. The monoisotopic (exact) mass is 459 g/mol. The van der Waals surface area contributed by atoms with Crippen molar-refractivity contribution < 1.29 is 0 Å². The van der Waals surface area contributed by atoms with Crippen molar-refractivity contribution in [3.8, 4) is 22.6 Å². The SMILES string of the molecule is CCCCCc1c(C)n(CCCC)c(=O)n1Cc1ccc(-c2cccnc2-c2nnn[nH]2)cc1. The van der Waals surface area contributed by atoms with Crippen molar-refractivity contribution in [2.75, 3.05) is 0 Å². The summed E-state index contributed by atoms with van der Waals surface area (Å²) >= 11 is 0. The topological polar surface area (TPSA) is 94.3 Å². The molecule has 0 unspecified atom stereocenters. The van der Waals surface area contributed by atoms with E-state index in [0.29, 0.717) is 18.1 Å². The third kappa shape index (κ3) is 5.00. The van der Waals surface area contributed by atoms with Crippen LogP contribution in [-0.4, -0.2) is 34.7 Å². The molecule has 1 N–H and O–H groups in total. The van der Waals surface area contributed by atoms with Crippen LogP contribution in [0.2, 0.25) is 0 Å². The second-order valence-corrected chi connectivity index (χ2v) is 8.71. The van der Waals surface area contributed by atoms with Gasteiger partial charge in [-0.3, -0.25) is 14.1 Å². The van der Waals surface area contributed by atoms with Gasteiger partial charge in [0, 0.05) is 29.7 Å². The van der Waals surface area contributed by atoms with Gasteiger partial charge in [0.05, 0.1) is 6.54 Å². The summed E-state index contributed by atoms with van der Waals surface area (Å²) < 4.78 is 3.94. The molecule has 178 valence electrons. The minimum absolute atomic E-state index is 0.105. The predicted molar refractivity (Wildman–Crippen MR) is 134 cm³/mol. The Hall–Kier alpha value is -3.55. The number of nitrogens with one attached hydrogen (secondary N) is 1. The molecule has 0 aliphatic heterocycles. The summed E-state index contributed by atoms with van der Waals surface area (Å²) in [5.41, 5.74) is 6.18. The Balaban J connectivity index is 1.62. The summed E-state index contributed by atoms with van der Waals surface area (Å²) in [6.07, 6.45) is 8.21. The maximum Gasteiger partial charge on any atom is 0.328 e. The maximum absolute atomic E-state index is 13.3. The fourth-order valence-corrected chi connectivity index (χ4v) is 4.42. The lowest BCUT2D eigenvalue weighted by atomic mass is 10.0. The highest BCUT2D eigenvalue weighted by molar-refractivity contribution is 5.77. The molecule has 0 saturated heterocycles. The number of hydrogen-bond acceptors (Lipinski definition) is 5. The fraction of sp³-hybridized carbons (Fsp3) is 0.423. The van der Waals surface area contributed by atoms with E-state index in [1.807, 2.05) is 21.3 Å². The Labute approximate surface area is 200 Å². The van der Waals surface area contributed by atoms with Crippen molar-refractivity contribution >= 4 is 0 Å². The van der Waals surface area contributed by atoms with E-state index in [2.05, 4.69) is 70.6 Å². The number of imidazole rings is 1. The van der Waals surface area contributed by atoms with Gasteiger partial charge in [-0.05, 0) is 53.8 Å². The average Bonchev–Trinajstić information content (AvgIpc) is 3.47. The third-order valence-corrected chi connectivity index (χ3v) is 6.35. The van der Waals surface area contributed by atoms with E-state index in [0.717, 1.165) is 54.6 Å². The minimum Gasteiger partial charge on any atom is -0.296 e. The van der Waals surface area contributed by atoms with Gasteiger partial charge in [-0.1, -0.05) is 63.4 Å². The van der Waals surface area contributed by atoms with Gasteiger partial charge in [-0.2, -0.15) is 0 Å². The zero-order valence-electron chi connectivity index (χ0n) is 20.3. The molecule has 34 heavy (non-hydrogen) atoms. The first-order valence-electron chi connectivity index (χ1n) is 12.2. The molecule has 0 aliphatic rings. The van der Waals surface area contributed by atoms with E-state index in [1.165, 1.54) is 18.5 Å². The summed E-state index contributed by atoms with van der Waals surface area (Å²) in [6.45, 7) is 7.83. The summed E-state index contributed by atoms with van der Waals surface area (Å²) in [5.74, 6) is 0.534. The quantitative estimate of drug-likeness (QED) is 0.326. The van der Waals surface area contributed by atoms with Crippen molar-refractivity contribution in [1.29, 1.82) is 0 Å². The number of rotatable bonds is 11. The highest BCUT2D eigenvalue weighted by atomic mass is 16.1. The second-order valence-electron chi connectivity index (χ2n) is 8.71. The van der Waals surface area contributed by atoms with E-state index >= 15 is 0 Å². The first-order chi connectivity index (χ1) is 16.6. The highest BCUT2D eigenvalue weighted by Crippen LogP contribution is 2.28. The number of pyridine rings is 1. The van der Waals surface area contributed by atoms with Crippen LogP contribution in [-0.2, 0) is 19.5 Å². The summed E-state index contributed by atoms with van der Waals surface area (Å²) in [6, 6.07) is 12.2. The average molecular weight is 460 g/mol. The molecule has 1 aromatic carbocycles. The van der Waals surface area contributed by atoms with Crippen molar-refractivity contribution in [1.82, 2.24) is 34.7 Å². The molecular formula is C26H33N7O. The number of aromatic nitrogens is 7. The number of unbranched alkanes of at least 4 members (excludes halogenated alkanes) is 3. The summed E-state index contributed by atoms with van der Waals surface area (Å²) in [5, 5.41) is 14.1. The smallest absolute Gasteiger partial charge is 0.296 e. The Morgan fingerprint density at radius 2 is 1.76 bits per heavy atom. The number of aromatic amines is 1. The number of H-pyrrole nitrogens is 1. The van der Waals surface area contributed by atoms with Crippen LogP contribution in [0.5, 0.6) is 0 Å². The van der Waals surface area contributed by atoms with Crippen LogP contribution in [0.1, 0.15) is 62.9 Å². The van der Waals surface area contributed by atoms with Crippen molar-refractivity contribution in [3.05, 3.63) is 70.0 Å². The van der Waals surface area contributed by atoms with E-state index < -0.39 is 0 Å². The van der Waals surface area contributed by atoms with Gasteiger partial charge >= 0.3 is 5.69 Å². The van der Waals surface area contributed by atoms with Crippen molar-refractivity contribution in [2.24, 2.45) is 0 Å². The molecule has 0 aliphatic carbocycles. The Morgan fingerprint density at radius 1 is 0.971 bits per heavy atom. The zero-order valence-corrected chi connectivity index (χ0v) is 20.3. The van der Waals surface area contributed by atoms with Gasteiger partial charge in [-0.15, -0.1) is 5.10 Å². The Morgan fingerprint density at radius 3 is 2.47 bits per heavy atom. The summed E-state index contributed by atoms with van der Waals surface area (Å²) in [4.78, 5) is 17.8. The lowest BCUT2D eigenvalue weighted by Crippen LogP contribution is -2.26. The molecule has 0 atom stereocenters. The number of hydrogen-bond donors (Lipinski definition) is 1. The van der Waals surface area contributed by atoms with Gasteiger partial charge < -0.3 is 0 Å². The van der Waals surface area contributed by atoms with Crippen LogP contribution in [0.3, 0.4) is 0 Å². The van der Waals surface area contributed by atoms with Crippen LogP contribution < -0.4 is 5.69 Å². The first kappa shape index (κ1) is 23.6. The second kappa shape index (κ2) is 11.0. The number of benzene rings is 1. The molecule has 0 bridgehead atoms. The molecule has 8 heteroatoms. The van der Waals surface area contributed by atoms with Crippen molar-refractivity contribution in [2.45, 2.75) is 72.4 Å². The molecule has 4 rings (SSSR count). The normalized spacial score (nSPS) is 11.3. The molecule has 4 aromatic rings. The van der Waals surface area contributed by atoms with Crippen LogP contribution in [0, 0.1) is 6.92 Å². The van der Waals surface area contributed by atoms with Crippen LogP contribution >= 0.6 is 0 Å². The lowest BCUT2D eigenvalue weighted by molar-refractivity contribution is 0.584. The Kier molecular flexibility index (Phi) is 7.67. The maximum atomic E-state index is 13.3. The predicted octanol–water partition coefficient (Wildman–Crippen LogP) is 4.78. The molecule has 0 spiro atoms. The summed E-state index contributed by atoms with van der Waals surface area (Å²) in [7, 11) is 0. The first-order valence-corrected chi connectivity index (χ1v) is 12.2. The van der Waals surface area contributed by atoms with Crippen LogP contribution in [0.15, 0.2) is 47.4 Å². The molecule has 3 aromatic heterocycles. The van der Waals surface area contributed by atoms with E-state index in [-0.39, 0.29) is 5.69 Å². The molecule has 0 saturated carbocycles. The fourth-order valence-electron chi connectivity index (χ4n) is 4.42. The van der Waals surface area contributed by atoms with Crippen LogP contribution in [0.25, 0.3) is 22.6 Å². The number of nitrogens with zero attached hydrogens (tertiary/aromatic N) is 6. The minimum atomic E-state index is 0.105. The molecule has 0 amide bonds. The van der Waals surface area contributed by atoms with E-state index in [1.54, 1.807) is 6.20 Å². The van der Waals surface area contributed by atoms with Gasteiger partial charge in [0.1, 0.15) is 5.69 Å². The molecule has 0 fully saturated rings. The van der Waals surface area contributed by atoms with Crippen LogP contribution in [0.4, 0.5) is 0 Å². The molecule has 3 heterocycles. The molecule has 8 nitrogen and oxygen atoms in total.